The van der Waals surface area contributed by atoms with Crippen LogP contribution in [0, 0.1) is 0 Å². The Labute approximate surface area is 184 Å². The Morgan fingerprint density at radius 2 is 1.97 bits per heavy atom. The molecule has 9 nitrogen and oxygen atoms in total. The SMILES string of the molecule is Cn1nc2nc(N3CCN(C(=O)C4CCCO4)CC3)nc(-c3ccccc3Cl)c2c1N. The molecule has 0 radical (unpaired) electrons. The number of rotatable bonds is 3. The van der Waals surface area contributed by atoms with Crippen LogP contribution >= 0.6 is 11.6 Å². The second-order valence-electron chi connectivity index (χ2n) is 7.87. The zero-order chi connectivity index (χ0) is 21.5. The van der Waals surface area contributed by atoms with Crippen LogP contribution in [0.4, 0.5) is 11.8 Å². The van der Waals surface area contributed by atoms with Crippen molar-refractivity contribution in [2.45, 2.75) is 18.9 Å². The third kappa shape index (κ3) is 3.57. The van der Waals surface area contributed by atoms with Crippen LogP contribution in [-0.2, 0) is 16.6 Å². The average Bonchev–Trinajstić information content (AvgIpc) is 3.42. The molecule has 1 aromatic carbocycles. The maximum absolute atomic E-state index is 12.6. The van der Waals surface area contributed by atoms with Gasteiger partial charge in [0.05, 0.1) is 11.1 Å². The molecule has 1 amide bonds. The number of aryl methyl sites for hydroxylation is 1. The quantitative estimate of drug-likeness (QED) is 0.663. The Morgan fingerprint density at radius 3 is 2.68 bits per heavy atom. The summed E-state index contributed by atoms with van der Waals surface area (Å²) in [5.74, 6) is 1.14. The first-order chi connectivity index (χ1) is 15.0. The standard InChI is InChI=1S/C21H24ClN7O2/c1-27-18(23)16-17(13-5-2-3-6-14(13)22)24-21(25-19(16)26-27)29-10-8-28(9-11-29)20(30)15-7-4-12-31-15/h2-3,5-6,15H,4,7-12,23H2,1H3. The Kier molecular flexibility index (Phi) is 5.15. The number of carbonyl (C=O) groups is 1. The van der Waals surface area contributed by atoms with Crippen molar-refractivity contribution in [3.8, 4) is 11.3 Å². The highest BCUT2D eigenvalue weighted by molar-refractivity contribution is 6.33. The summed E-state index contributed by atoms with van der Waals surface area (Å²) in [4.78, 5) is 26.1. The Morgan fingerprint density at radius 1 is 1.19 bits per heavy atom. The van der Waals surface area contributed by atoms with Crippen molar-refractivity contribution in [1.29, 1.82) is 0 Å². The molecule has 0 spiro atoms. The maximum atomic E-state index is 12.6. The zero-order valence-electron chi connectivity index (χ0n) is 17.3. The molecule has 2 aromatic heterocycles. The molecule has 0 saturated carbocycles. The second-order valence-corrected chi connectivity index (χ2v) is 8.28. The van der Waals surface area contributed by atoms with E-state index in [4.69, 9.17) is 27.1 Å². The number of halogens is 1. The van der Waals surface area contributed by atoms with Gasteiger partial charge in [-0.2, -0.15) is 10.1 Å². The minimum atomic E-state index is -0.289. The lowest BCUT2D eigenvalue weighted by Gasteiger charge is -2.35. The summed E-state index contributed by atoms with van der Waals surface area (Å²) in [6, 6.07) is 7.53. The van der Waals surface area contributed by atoms with Gasteiger partial charge in [-0.25, -0.2) is 4.98 Å². The second kappa shape index (κ2) is 7.97. The summed E-state index contributed by atoms with van der Waals surface area (Å²) in [6.07, 6.45) is 1.46. The maximum Gasteiger partial charge on any atom is 0.251 e. The number of ether oxygens (including phenoxy) is 1. The highest BCUT2D eigenvalue weighted by Gasteiger charge is 2.31. The molecule has 4 heterocycles. The number of piperazine rings is 1. The first kappa shape index (κ1) is 20.0. The molecule has 1 unspecified atom stereocenters. The number of nitrogens with zero attached hydrogens (tertiary/aromatic N) is 6. The summed E-state index contributed by atoms with van der Waals surface area (Å²) < 4.78 is 7.15. The van der Waals surface area contributed by atoms with Crippen LogP contribution in [0.25, 0.3) is 22.3 Å². The van der Waals surface area contributed by atoms with E-state index in [1.165, 1.54) is 0 Å². The van der Waals surface area contributed by atoms with E-state index in [0.29, 0.717) is 66.3 Å². The number of nitrogens with two attached hydrogens (primary N) is 1. The van der Waals surface area contributed by atoms with E-state index in [1.807, 2.05) is 29.2 Å². The summed E-state index contributed by atoms with van der Waals surface area (Å²) >= 11 is 6.47. The number of benzene rings is 1. The lowest BCUT2D eigenvalue weighted by Crippen LogP contribution is -2.51. The summed E-state index contributed by atoms with van der Waals surface area (Å²) in [7, 11) is 1.78. The summed E-state index contributed by atoms with van der Waals surface area (Å²) in [5, 5.41) is 5.74. The lowest BCUT2D eigenvalue weighted by atomic mass is 10.1. The fourth-order valence-electron chi connectivity index (χ4n) is 4.20. The van der Waals surface area contributed by atoms with Gasteiger partial charge >= 0.3 is 0 Å². The third-order valence-electron chi connectivity index (χ3n) is 5.94. The van der Waals surface area contributed by atoms with Crippen molar-refractivity contribution in [2.75, 3.05) is 43.4 Å². The van der Waals surface area contributed by atoms with Crippen molar-refractivity contribution in [3.05, 3.63) is 29.3 Å². The molecule has 31 heavy (non-hydrogen) atoms. The van der Waals surface area contributed by atoms with Crippen LogP contribution in [0.5, 0.6) is 0 Å². The summed E-state index contributed by atoms with van der Waals surface area (Å²) in [6.45, 7) is 3.14. The van der Waals surface area contributed by atoms with E-state index in [9.17, 15) is 4.79 Å². The van der Waals surface area contributed by atoms with Gasteiger partial charge in [-0.05, 0) is 18.9 Å². The molecule has 5 rings (SSSR count). The molecular formula is C21H24ClN7O2. The molecule has 2 saturated heterocycles. The van der Waals surface area contributed by atoms with Gasteiger partial charge < -0.3 is 20.3 Å². The number of fused-ring (bicyclic) bond motifs is 1. The van der Waals surface area contributed by atoms with E-state index >= 15 is 0 Å². The molecule has 2 fully saturated rings. The van der Waals surface area contributed by atoms with Crippen molar-refractivity contribution < 1.29 is 9.53 Å². The number of nitrogen functional groups attached to an aromatic ring is 1. The fourth-order valence-corrected chi connectivity index (χ4v) is 4.42. The number of carbonyl (C=O) groups excluding carboxylic acids is 1. The van der Waals surface area contributed by atoms with Gasteiger partial charge in [0.1, 0.15) is 11.9 Å². The first-order valence-electron chi connectivity index (χ1n) is 10.4. The van der Waals surface area contributed by atoms with Gasteiger partial charge in [0.2, 0.25) is 5.95 Å². The normalized spacial score (nSPS) is 19.4. The third-order valence-corrected chi connectivity index (χ3v) is 6.27. The highest BCUT2D eigenvalue weighted by atomic mass is 35.5. The average molecular weight is 442 g/mol. The largest absolute Gasteiger partial charge is 0.383 e. The minimum Gasteiger partial charge on any atom is -0.383 e. The van der Waals surface area contributed by atoms with Gasteiger partial charge in [0.25, 0.3) is 5.91 Å². The molecule has 10 heteroatoms. The van der Waals surface area contributed by atoms with Gasteiger partial charge in [-0.15, -0.1) is 0 Å². The van der Waals surface area contributed by atoms with Gasteiger partial charge in [0.15, 0.2) is 5.65 Å². The minimum absolute atomic E-state index is 0.0859. The van der Waals surface area contributed by atoms with Crippen LogP contribution in [0.2, 0.25) is 5.02 Å². The monoisotopic (exact) mass is 441 g/mol. The molecule has 162 valence electrons. The van der Waals surface area contributed by atoms with E-state index in [2.05, 4.69) is 15.0 Å². The molecule has 0 bridgehead atoms. The smallest absolute Gasteiger partial charge is 0.251 e. The Balaban J connectivity index is 1.46. The highest BCUT2D eigenvalue weighted by Crippen LogP contribution is 2.35. The molecule has 2 N–H and O–H groups in total. The fraction of sp³-hybridized carbons (Fsp3) is 0.429. The van der Waals surface area contributed by atoms with E-state index in [0.717, 1.165) is 18.4 Å². The summed E-state index contributed by atoms with van der Waals surface area (Å²) in [5.41, 5.74) is 8.24. The number of anilines is 2. The van der Waals surface area contributed by atoms with Crippen LogP contribution in [0.1, 0.15) is 12.8 Å². The molecule has 1 atom stereocenters. The predicted octanol–water partition coefficient (Wildman–Crippen LogP) is 2.09. The van der Waals surface area contributed by atoms with Gasteiger partial charge in [-0.3, -0.25) is 9.48 Å². The van der Waals surface area contributed by atoms with E-state index in [-0.39, 0.29) is 12.0 Å². The van der Waals surface area contributed by atoms with Gasteiger partial charge in [0, 0.05) is 50.4 Å². The molecular weight excluding hydrogens is 418 g/mol. The van der Waals surface area contributed by atoms with Crippen LogP contribution < -0.4 is 10.6 Å². The predicted molar refractivity (Wildman–Crippen MR) is 119 cm³/mol. The van der Waals surface area contributed by atoms with E-state index in [1.54, 1.807) is 11.7 Å². The number of amides is 1. The number of hydrogen-bond acceptors (Lipinski definition) is 7. The number of aromatic nitrogens is 4. The van der Waals surface area contributed by atoms with Crippen LogP contribution in [0.3, 0.4) is 0 Å². The topological polar surface area (TPSA) is 102 Å². The lowest BCUT2D eigenvalue weighted by molar-refractivity contribution is -0.141. The van der Waals surface area contributed by atoms with Crippen molar-refractivity contribution in [3.63, 3.8) is 0 Å². The van der Waals surface area contributed by atoms with Crippen LogP contribution in [-0.4, -0.2) is 69.4 Å². The Hall–Kier alpha value is -2.91. The number of hydrogen-bond donors (Lipinski definition) is 1. The molecule has 3 aromatic rings. The molecule has 0 aliphatic carbocycles. The van der Waals surface area contributed by atoms with Crippen molar-refractivity contribution in [2.24, 2.45) is 7.05 Å². The van der Waals surface area contributed by atoms with Gasteiger partial charge in [-0.1, -0.05) is 29.8 Å². The molecule has 2 aliphatic rings. The Bertz CT molecular complexity index is 1130. The van der Waals surface area contributed by atoms with Crippen LogP contribution in [0.15, 0.2) is 24.3 Å². The molecule has 2 aliphatic heterocycles. The first-order valence-corrected chi connectivity index (χ1v) is 10.8. The van der Waals surface area contributed by atoms with Crippen molar-refractivity contribution in [1.82, 2.24) is 24.6 Å². The van der Waals surface area contributed by atoms with E-state index < -0.39 is 0 Å². The van der Waals surface area contributed by atoms with Crippen molar-refractivity contribution >= 4 is 40.3 Å². The zero-order valence-corrected chi connectivity index (χ0v) is 18.0.